The van der Waals surface area contributed by atoms with E-state index in [2.05, 4.69) is 0 Å². The number of ether oxygens (including phenoxy) is 2. The molecular formula is C19H20O9. The first kappa shape index (κ1) is 19.9. The van der Waals surface area contributed by atoms with Crippen molar-refractivity contribution in [3.05, 3.63) is 47.0 Å². The monoisotopic (exact) mass is 392 g/mol. The molecule has 1 fully saturated rings. The number of methoxy groups -OCH3 is 1. The Morgan fingerprint density at radius 2 is 1.82 bits per heavy atom. The highest BCUT2D eigenvalue weighted by molar-refractivity contribution is 6.12. The first-order chi connectivity index (χ1) is 13.2. The third-order valence-electron chi connectivity index (χ3n) is 4.72. The molecule has 3 rings (SSSR count). The van der Waals surface area contributed by atoms with E-state index >= 15 is 0 Å². The van der Waals surface area contributed by atoms with Crippen LogP contribution in [0.25, 0.3) is 0 Å². The summed E-state index contributed by atoms with van der Waals surface area (Å²) in [4.78, 5) is 13.0. The number of aromatic hydroxyl groups is 3. The number of carbonyl (C=O) groups excluding carboxylic acids is 1. The van der Waals surface area contributed by atoms with Gasteiger partial charge >= 0.3 is 0 Å². The van der Waals surface area contributed by atoms with Crippen LogP contribution in [-0.4, -0.2) is 69.0 Å². The van der Waals surface area contributed by atoms with Crippen molar-refractivity contribution in [3.8, 4) is 23.0 Å². The Balaban J connectivity index is 2.20. The molecule has 1 saturated heterocycles. The van der Waals surface area contributed by atoms with Gasteiger partial charge in [-0.3, -0.25) is 4.79 Å². The van der Waals surface area contributed by atoms with Crippen molar-refractivity contribution < 1.29 is 44.9 Å². The second-order valence-electron chi connectivity index (χ2n) is 6.54. The maximum atomic E-state index is 13.0. The quantitative estimate of drug-likeness (QED) is 0.385. The number of hydrogen-bond donors (Lipinski definition) is 6. The van der Waals surface area contributed by atoms with Gasteiger partial charge in [-0.05, 0) is 18.2 Å². The number of phenolic OH excluding ortho intramolecular Hbond substituents is 3. The van der Waals surface area contributed by atoms with Gasteiger partial charge in [-0.15, -0.1) is 0 Å². The van der Waals surface area contributed by atoms with Gasteiger partial charge in [0.15, 0.2) is 5.78 Å². The average molecular weight is 392 g/mol. The molecule has 9 heteroatoms. The summed E-state index contributed by atoms with van der Waals surface area (Å²) in [5.41, 5.74) is -2.83. The Morgan fingerprint density at radius 1 is 1.18 bits per heavy atom. The SMILES string of the molecule is COc1cc(O)c(C(=O)c2cc(O)cc(O)c2)c([C@]2(O)CO[C@H](CO)[C@H]2O)c1. The molecule has 150 valence electrons. The Labute approximate surface area is 159 Å². The van der Waals surface area contributed by atoms with E-state index in [9.17, 15) is 35.4 Å². The van der Waals surface area contributed by atoms with Gasteiger partial charge in [-0.1, -0.05) is 0 Å². The first-order valence-corrected chi connectivity index (χ1v) is 8.33. The van der Waals surface area contributed by atoms with Crippen LogP contribution >= 0.6 is 0 Å². The minimum absolute atomic E-state index is 0.107. The fourth-order valence-electron chi connectivity index (χ4n) is 3.28. The molecule has 6 N–H and O–H groups in total. The number of rotatable bonds is 5. The lowest BCUT2D eigenvalue weighted by molar-refractivity contribution is -0.0600. The summed E-state index contributed by atoms with van der Waals surface area (Å²) in [6.45, 7) is -1.01. The summed E-state index contributed by atoms with van der Waals surface area (Å²) in [5, 5.41) is 60.5. The summed E-state index contributed by atoms with van der Waals surface area (Å²) >= 11 is 0. The smallest absolute Gasteiger partial charge is 0.197 e. The van der Waals surface area contributed by atoms with Gasteiger partial charge in [-0.2, -0.15) is 0 Å². The van der Waals surface area contributed by atoms with Crippen molar-refractivity contribution in [1.82, 2.24) is 0 Å². The van der Waals surface area contributed by atoms with Crippen LogP contribution in [0.2, 0.25) is 0 Å². The van der Waals surface area contributed by atoms with Gasteiger partial charge in [0.2, 0.25) is 0 Å². The van der Waals surface area contributed by atoms with Crippen molar-refractivity contribution in [2.24, 2.45) is 0 Å². The van der Waals surface area contributed by atoms with Crippen molar-refractivity contribution in [3.63, 3.8) is 0 Å². The Morgan fingerprint density at radius 3 is 2.36 bits per heavy atom. The van der Waals surface area contributed by atoms with Gasteiger partial charge in [-0.25, -0.2) is 0 Å². The van der Waals surface area contributed by atoms with E-state index < -0.39 is 42.6 Å². The third-order valence-corrected chi connectivity index (χ3v) is 4.72. The lowest BCUT2D eigenvalue weighted by Crippen LogP contribution is -2.43. The molecule has 0 bridgehead atoms. The highest BCUT2D eigenvalue weighted by atomic mass is 16.5. The van der Waals surface area contributed by atoms with E-state index in [0.29, 0.717) is 0 Å². The maximum absolute atomic E-state index is 13.0. The molecule has 2 aromatic rings. The summed E-state index contributed by atoms with van der Waals surface area (Å²) in [7, 11) is 1.31. The highest BCUT2D eigenvalue weighted by Gasteiger charge is 2.51. The number of aliphatic hydroxyl groups excluding tert-OH is 2. The topological polar surface area (TPSA) is 157 Å². The predicted molar refractivity (Wildman–Crippen MR) is 94.6 cm³/mol. The molecule has 0 saturated carbocycles. The molecule has 0 unspecified atom stereocenters. The molecule has 0 aromatic heterocycles. The van der Waals surface area contributed by atoms with Crippen molar-refractivity contribution in [1.29, 1.82) is 0 Å². The maximum Gasteiger partial charge on any atom is 0.197 e. The number of benzene rings is 2. The minimum atomic E-state index is -2.12. The van der Waals surface area contributed by atoms with E-state index in [0.717, 1.165) is 24.3 Å². The lowest BCUT2D eigenvalue weighted by Gasteiger charge is -2.29. The highest BCUT2D eigenvalue weighted by Crippen LogP contribution is 2.42. The van der Waals surface area contributed by atoms with Crippen LogP contribution in [0.3, 0.4) is 0 Å². The molecule has 1 aliphatic rings. The fraction of sp³-hybridized carbons (Fsp3) is 0.316. The summed E-state index contributed by atoms with van der Waals surface area (Å²) in [6, 6.07) is 5.60. The van der Waals surface area contributed by atoms with Crippen LogP contribution in [0.15, 0.2) is 30.3 Å². The molecule has 0 spiro atoms. The normalized spacial score (nSPS) is 24.3. The predicted octanol–water partition coefficient (Wildman–Crippen LogP) is -0.0174. The molecule has 1 aliphatic heterocycles. The van der Waals surface area contributed by atoms with E-state index in [1.54, 1.807) is 0 Å². The lowest BCUT2D eigenvalue weighted by atomic mass is 9.82. The molecular weight excluding hydrogens is 372 g/mol. The average Bonchev–Trinajstić information content (AvgIpc) is 2.95. The van der Waals surface area contributed by atoms with Crippen LogP contribution in [0.4, 0.5) is 0 Å². The van der Waals surface area contributed by atoms with E-state index in [1.165, 1.54) is 13.2 Å². The Kier molecular flexibility index (Phi) is 5.18. The number of phenols is 3. The van der Waals surface area contributed by atoms with Crippen molar-refractivity contribution in [2.45, 2.75) is 17.8 Å². The Bertz CT molecular complexity index is 890. The van der Waals surface area contributed by atoms with Crippen LogP contribution < -0.4 is 4.74 Å². The zero-order valence-corrected chi connectivity index (χ0v) is 14.9. The van der Waals surface area contributed by atoms with Gasteiger partial charge < -0.3 is 40.1 Å². The molecule has 2 aromatic carbocycles. The molecule has 0 radical (unpaired) electrons. The van der Waals surface area contributed by atoms with Crippen LogP contribution in [0.5, 0.6) is 23.0 Å². The summed E-state index contributed by atoms with van der Waals surface area (Å²) < 4.78 is 10.3. The summed E-state index contributed by atoms with van der Waals surface area (Å²) in [5.74, 6) is -2.01. The number of carbonyl (C=O) groups is 1. The number of ketones is 1. The number of aliphatic hydroxyl groups is 3. The first-order valence-electron chi connectivity index (χ1n) is 8.33. The molecule has 28 heavy (non-hydrogen) atoms. The second-order valence-corrected chi connectivity index (χ2v) is 6.54. The standard InChI is InChI=1S/C19H20O9/c1-27-12-5-13(19(26)8-28-15(7-20)18(19)25)16(14(23)6-12)17(24)9-2-10(21)4-11(22)3-9/h2-6,15,18,20-23,25-26H,7-8H2,1H3/t15-,18-,19-/m1/s1. The van der Waals surface area contributed by atoms with Gasteiger partial charge in [0.1, 0.15) is 40.8 Å². The zero-order chi connectivity index (χ0) is 20.6. The van der Waals surface area contributed by atoms with Crippen LogP contribution in [-0.2, 0) is 10.3 Å². The molecule has 3 atom stereocenters. The second kappa shape index (κ2) is 7.28. The molecule has 9 nitrogen and oxygen atoms in total. The zero-order valence-electron chi connectivity index (χ0n) is 14.9. The largest absolute Gasteiger partial charge is 0.508 e. The van der Waals surface area contributed by atoms with Crippen LogP contribution in [0.1, 0.15) is 21.5 Å². The van der Waals surface area contributed by atoms with E-state index in [1.807, 2.05) is 0 Å². The molecule has 1 heterocycles. The van der Waals surface area contributed by atoms with Crippen molar-refractivity contribution in [2.75, 3.05) is 20.3 Å². The molecule has 0 amide bonds. The number of hydrogen-bond acceptors (Lipinski definition) is 9. The van der Waals surface area contributed by atoms with Gasteiger partial charge in [0, 0.05) is 23.3 Å². The van der Waals surface area contributed by atoms with Gasteiger partial charge in [0.05, 0.1) is 25.9 Å². The Hall–Kier alpha value is -2.85. The van der Waals surface area contributed by atoms with Crippen LogP contribution in [0, 0.1) is 0 Å². The summed E-state index contributed by atoms with van der Waals surface area (Å²) in [6.07, 6.45) is -2.68. The minimum Gasteiger partial charge on any atom is -0.508 e. The van der Waals surface area contributed by atoms with E-state index in [4.69, 9.17) is 9.47 Å². The van der Waals surface area contributed by atoms with E-state index in [-0.39, 0.29) is 33.9 Å². The van der Waals surface area contributed by atoms with Gasteiger partial charge in [0.25, 0.3) is 0 Å². The van der Waals surface area contributed by atoms with Crippen molar-refractivity contribution >= 4 is 5.78 Å². The third kappa shape index (κ3) is 3.25. The molecule has 0 aliphatic carbocycles. The fourth-order valence-corrected chi connectivity index (χ4v) is 3.28.